The molecule has 2 rings (SSSR count). The van der Waals surface area contributed by atoms with E-state index in [0.717, 1.165) is 16.8 Å². The van der Waals surface area contributed by atoms with Gasteiger partial charge in [-0.25, -0.2) is 0 Å². The molecule has 1 amide bonds. The number of carbonyl (C=O) groups excluding carboxylic acids is 1. The largest absolute Gasteiger partial charge is 0.508 e. The summed E-state index contributed by atoms with van der Waals surface area (Å²) in [4.78, 5) is 11.8. The molecular formula is C16H17NO3. The van der Waals surface area contributed by atoms with Crippen molar-refractivity contribution in [3.63, 3.8) is 0 Å². The zero-order valence-corrected chi connectivity index (χ0v) is 11.5. The van der Waals surface area contributed by atoms with Crippen LogP contribution in [-0.4, -0.2) is 17.6 Å². The molecule has 2 N–H and O–H groups in total. The summed E-state index contributed by atoms with van der Waals surface area (Å²) in [5.41, 5.74) is 2.69. The Balaban J connectivity index is 1.92. The summed E-state index contributed by atoms with van der Waals surface area (Å²) in [6.45, 7) is 3.71. The lowest BCUT2D eigenvalue weighted by Gasteiger charge is -2.09. The Morgan fingerprint density at radius 2 is 1.95 bits per heavy atom. The maximum atomic E-state index is 11.8. The Kier molecular flexibility index (Phi) is 4.25. The van der Waals surface area contributed by atoms with Crippen molar-refractivity contribution in [3.8, 4) is 11.5 Å². The number of aromatic hydroxyl groups is 1. The maximum Gasteiger partial charge on any atom is 0.262 e. The van der Waals surface area contributed by atoms with Crippen molar-refractivity contribution < 1.29 is 14.6 Å². The van der Waals surface area contributed by atoms with Crippen LogP contribution in [0.2, 0.25) is 0 Å². The van der Waals surface area contributed by atoms with Gasteiger partial charge in [-0.2, -0.15) is 0 Å². The van der Waals surface area contributed by atoms with Gasteiger partial charge in [0.1, 0.15) is 11.5 Å². The molecule has 4 heteroatoms. The van der Waals surface area contributed by atoms with E-state index < -0.39 is 0 Å². The lowest BCUT2D eigenvalue weighted by Crippen LogP contribution is -2.20. The van der Waals surface area contributed by atoms with Crippen LogP contribution in [-0.2, 0) is 4.79 Å². The summed E-state index contributed by atoms with van der Waals surface area (Å²) in [6.07, 6.45) is 0. The fourth-order valence-electron chi connectivity index (χ4n) is 1.88. The molecule has 0 heterocycles. The number of hydrogen-bond acceptors (Lipinski definition) is 3. The van der Waals surface area contributed by atoms with Crippen LogP contribution < -0.4 is 10.1 Å². The van der Waals surface area contributed by atoms with Gasteiger partial charge in [0.15, 0.2) is 6.61 Å². The van der Waals surface area contributed by atoms with E-state index in [4.69, 9.17) is 4.74 Å². The molecule has 0 aliphatic rings. The number of benzene rings is 2. The molecule has 2 aromatic carbocycles. The first-order valence-corrected chi connectivity index (χ1v) is 6.33. The molecule has 0 unspecified atom stereocenters. The summed E-state index contributed by atoms with van der Waals surface area (Å²) in [7, 11) is 0. The van der Waals surface area contributed by atoms with E-state index in [1.807, 2.05) is 38.1 Å². The highest BCUT2D eigenvalue weighted by Crippen LogP contribution is 2.21. The van der Waals surface area contributed by atoms with Crippen molar-refractivity contribution in [3.05, 3.63) is 53.6 Å². The average Bonchev–Trinajstić information content (AvgIpc) is 2.35. The highest BCUT2D eigenvalue weighted by molar-refractivity contribution is 5.91. The van der Waals surface area contributed by atoms with E-state index in [1.165, 1.54) is 6.07 Å². The van der Waals surface area contributed by atoms with Crippen LogP contribution in [0, 0.1) is 13.8 Å². The second-order valence-electron chi connectivity index (χ2n) is 4.71. The van der Waals surface area contributed by atoms with Crippen molar-refractivity contribution in [2.75, 3.05) is 11.9 Å². The smallest absolute Gasteiger partial charge is 0.262 e. The molecule has 2 aromatic rings. The van der Waals surface area contributed by atoms with Crippen molar-refractivity contribution >= 4 is 11.6 Å². The van der Waals surface area contributed by atoms with E-state index in [1.54, 1.807) is 12.1 Å². The Morgan fingerprint density at radius 1 is 1.15 bits per heavy atom. The van der Waals surface area contributed by atoms with Gasteiger partial charge in [0.25, 0.3) is 5.91 Å². The number of anilines is 1. The SMILES string of the molecule is Cc1cccc(NC(=O)COc2cc(C)cc(O)c2)c1. The van der Waals surface area contributed by atoms with Crippen LogP contribution >= 0.6 is 0 Å². The van der Waals surface area contributed by atoms with Crippen molar-refractivity contribution in [2.45, 2.75) is 13.8 Å². The highest BCUT2D eigenvalue weighted by atomic mass is 16.5. The molecule has 0 aromatic heterocycles. The summed E-state index contributed by atoms with van der Waals surface area (Å²) < 4.78 is 5.36. The minimum Gasteiger partial charge on any atom is -0.508 e. The van der Waals surface area contributed by atoms with Gasteiger partial charge in [0.2, 0.25) is 0 Å². The van der Waals surface area contributed by atoms with E-state index in [0.29, 0.717) is 5.75 Å². The van der Waals surface area contributed by atoms with Gasteiger partial charge in [-0.15, -0.1) is 0 Å². The number of phenolic OH excluding ortho intramolecular Hbond substituents is 1. The summed E-state index contributed by atoms with van der Waals surface area (Å²) in [5.74, 6) is 0.359. The van der Waals surface area contributed by atoms with E-state index in [-0.39, 0.29) is 18.3 Å². The van der Waals surface area contributed by atoms with Gasteiger partial charge < -0.3 is 15.2 Å². The average molecular weight is 271 g/mol. The number of nitrogens with one attached hydrogen (secondary N) is 1. The topological polar surface area (TPSA) is 58.6 Å². The molecule has 20 heavy (non-hydrogen) atoms. The fraction of sp³-hybridized carbons (Fsp3) is 0.188. The summed E-state index contributed by atoms with van der Waals surface area (Å²) in [6, 6.07) is 12.4. The normalized spacial score (nSPS) is 10.1. The highest BCUT2D eigenvalue weighted by Gasteiger charge is 2.05. The van der Waals surface area contributed by atoms with E-state index >= 15 is 0 Å². The number of carbonyl (C=O) groups is 1. The number of amides is 1. The minimum atomic E-state index is -0.239. The lowest BCUT2D eigenvalue weighted by atomic mass is 10.2. The van der Waals surface area contributed by atoms with Crippen LogP contribution in [0.1, 0.15) is 11.1 Å². The van der Waals surface area contributed by atoms with E-state index in [2.05, 4.69) is 5.32 Å². The standard InChI is InChI=1S/C16H17NO3/c1-11-4-3-5-13(6-11)17-16(19)10-20-15-8-12(2)7-14(18)9-15/h3-9,18H,10H2,1-2H3,(H,17,19). The summed E-state index contributed by atoms with van der Waals surface area (Å²) >= 11 is 0. The molecule has 0 radical (unpaired) electrons. The van der Waals surface area contributed by atoms with Gasteiger partial charge >= 0.3 is 0 Å². The van der Waals surface area contributed by atoms with Crippen LogP contribution in [0.3, 0.4) is 0 Å². The van der Waals surface area contributed by atoms with Crippen LogP contribution in [0.4, 0.5) is 5.69 Å². The Hall–Kier alpha value is -2.49. The monoisotopic (exact) mass is 271 g/mol. The Bertz CT molecular complexity index is 603. The zero-order chi connectivity index (χ0) is 14.5. The maximum absolute atomic E-state index is 11.8. The Labute approximate surface area is 118 Å². The third kappa shape index (κ3) is 4.02. The van der Waals surface area contributed by atoms with Crippen LogP contribution in [0.15, 0.2) is 42.5 Å². The number of phenols is 1. The van der Waals surface area contributed by atoms with Crippen LogP contribution in [0.25, 0.3) is 0 Å². The Morgan fingerprint density at radius 3 is 2.65 bits per heavy atom. The van der Waals surface area contributed by atoms with Gasteiger partial charge in [0, 0.05) is 11.8 Å². The first kappa shape index (κ1) is 13.9. The quantitative estimate of drug-likeness (QED) is 0.898. The molecule has 4 nitrogen and oxygen atoms in total. The lowest BCUT2D eigenvalue weighted by molar-refractivity contribution is -0.118. The van der Waals surface area contributed by atoms with Crippen molar-refractivity contribution in [2.24, 2.45) is 0 Å². The van der Waals surface area contributed by atoms with Crippen LogP contribution in [0.5, 0.6) is 11.5 Å². The molecule has 0 atom stereocenters. The predicted octanol–water partition coefficient (Wildman–Crippen LogP) is 3.03. The molecule has 104 valence electrons. The zero-order valence-electron chi connectivity index (χ0n) is 11.5. The van der Waals surface area contributed by atoms with Crippen molar-refractivity contribution in [1.29, 1.82) is 0 Å². The molecule has 0 aliphatic heterocycles. The predicted molar refractivity (Wildman–Crippen MR) is 78.1 cm³/mol. The number of aryl methyl sites for hydroxylation is 2. The van der Waals surface area contributed by atoms with Gasteiger partial charge in [0.05, 0.1) is 0 Å². The second-order valence-corrected chi connectivity index (χ2v) is 4.71. The van der Waals surface area contributed by atoms with E-state index in [9.17, 15) is 9.90 Å². The third-order valence-corrected chi connectivity index (χ3v) is 2.71. The van der Waals surface area contributed by atoms with Gasteiger partial charge in [-0.1, -0.05) is 12.1 Å². The number of rotatable bonds is 4. The van der Waals surface area contributed by atoms with Crippen molar-refractivity contribution in [1.82, 2.24) is 0 Å². The number of hydrogen-bond donors (Lipinski definition) is 2. The molecule has 0 spiro atoms. The van der Waals surface area contributed by atoms with Gasteiger partial charge in [-0.3, -0.25) is 4.79 Å². The van der Waals surface area contributed by atoms with Gasteiger partial charge in [-0.05, 0) is 49.2 Å². The first-order chi connectivity index (χ1) is 9.52. The molecule has 0 saturated carbocycles. The fourth-order valence-corrected chi connectivity index (χ4v) is 1.88. The second kappa shape index (κ2) is 6.10. The summed E-state index contributed by atoms with van der Waals surface area (Å²) in [5, 5.41) is 12.2. The molecule has 0 saturated heterocycles. The minimum absolute atomic E-state index is 0.100. The number of ether oxygens (including phenoxy) is 1. The molecule has 0 bridgehead atoms. The first-order valence-electron chi connectivity index (χ1n) is 6.33. The molecule has 0 aliphatic carbocycles. The third-order valence-electron chi connectivity index (χ3n) is 2.71. The molecule has 0 fully saturated rings. The molecular weight excluding hydrogens is 254 g/mol.